The molecule has 2 heterocycles. The summed E-state index contributed by atoms with van der Waals surface area (Å²) >= 11 is 7.47. The molecule has 2 atom stereocenters. The van der Waals surface area contributed by atoms with Crippen molar-refractivity contribution in [2.45, 2.75) is 5.25 Å². The highest BCUT2D eigenvalue weighted by Gasteiger charge is 2.31. The smallest absolute Gasteiger partial charge is 0.324 e. The summed E-state index contributed by atoms with van der Waals surface area (Å²) in [4.78, 5) is 28.6. The Balaban J connectivity index is 1.88. The molecule has 0 saturated carbocycles. The molecule has 0 radical (unpaired) electrons. The van der Waals surface area contributed by atoms with E-state index in [2.05, 4.69) is 10.3 Å². The lowest BCUT2D eigenvalue weighted by molar-refractivity contribution is -0.889. The van der Waals surface area contributed by atoms with E-state index in [1.165, 1.54) is 7.11 Å². The van der Waals surface area contributed by atoms with Gasteiger partial charge in [0.25, 0.3) is 5.91 Å². The first-order chi connectivity index (χ1) is 10.1. The summed E-state index contributed by atoms with van der Waals surface area (Å²) in [5.74, 6) is 0.457. The number of hydrogen-bond acceptors (Lipinski definition) is 5. The third-order valence-electron chi connectivity index (χ3n) is 3.16. The highest BCUT2D eigenvalue weighted by atomic mass is 35.5. The topological polar surface area (TPSA) is 72.7 Å². The first-order valence-electron chi connectivity index (χ1n) is 6.53. The van der Waals surface area contributed by atoms with Crippen LogP contribution in [0, 0.1) is 0 Å². The summed E-state index contributed by atoms with van der Waals surface area (Å²) in [6, 6.07) is 3.41. The number of nitrogens with one attached hydrogen (secondary N) is 2. The van der Waals surface area contributed by atoms with Gasteiger partial charge in [-0.2, -0.15) is 0 Å². The highest BCUT2D eigenvalue weighted by Crippen LogP contribution is 2.17. The maximum atomic E-state index is 12.0. The fraction of sp³-hybridized carbons (Fsp3) is 0.462. The number of hydrogen-bond donors (Lipinski definition) is 2. The lowest BCUT2D eigenvalue weighted by Gasteiger charge is -2.27. The van der Waals surface area contributed by atoms with Crippen LogP contribution in [-0.2, 0) is 14.3 Å². The van der Waals surface area contributed by atoms with Crippen LogP contribution in [0.1, 0.15) is 0 Å². The Labute approximate surface area is 132 Å². The van der Waals surface area contributed by atoms with E-state index >= 15 is 0 Å². The molecule has 1 amide bonds. The van der Waals surface area contributed by atoms with Gasteiger partial charge in [0.2, 0.25) is 0 Å². The van der Waals surface area contributed by atoms with E-state index in [0.717, 1.165) is 17.2 Å². The molecule has 1 aliphatic heterocycles. The molecule has 0 aromatic carbocycles. The first-order valence-corrected chi connectivity index (χ1v) is 7.96. The number of thioether (sulfide) groups is 1. The predicted octanol–water partition coefficient (Wildman–Crippen LogP) is -0.153. The van der Waals surface area contributed by atoms with Crippen LogP contribution in [-0.4, -0.2) is 54.6 Å². The molecule has 1 fully saturated rings. The summed E-state index contributed by atoms with van der Waals surface area (Å²) in [5, 5.41) is 2.80. The van der Waals surface area contributed by atoms with Gasteiger partial charge in [0.15, 0.2) is 16.9 Å². The summed E-state index contributed by atoms with van der Waals surface area (Å²) in [7, 11) is 1.38. The number of rotatable bonds is 4. The van der Waals surface area contributed by atoms with Crippen molar-refractivity contribution in [1.82, 2.24) is 4.98 Å². The van der Waals surface area contributed by atoms with Crippen LogP contribution in [0.15, 0.2) is 18.3 Å². The second-order valence-corrected chi connectivity index (χ2v) is 6.32. The quantitative estimate of drug-likeness (QED) is 0.593. The minimum absolute atomic E-state index is 0.143. The molecule has 1 unspecified atom stereocenters. The fourth-order valence-electron chi connectivity index (χ4n) is 2.11. The van der Waals surface area contributed by atoms with Crippen molar-refractivity contribution in [1.29, 1.82) is 0 Å². The Kier molecular flexibility index (Phi) is 5.84. The molecule has 1 aliphatic rings. The molecule has 8 heteroatoms. The molecule has 1 saturated heterocycles. The molecule has 114 valence electrons. The number of nitrogens with zero attached hydrogens (tertiary/aromatic N) is 1. The van der Waals surface area contributed by atoms with E-state index in [1.54, 1.807) is 30.1 Å². The molecule has 21 heavy (non-hydrogen) atoms. The zero-order valence-electron chi connectivity index (χ0n) is 11.6. The molecule has 2 rings (SSSR count). The lowest BCUT2D eigenvalue weighted by Crippen LogP contribution is -3.15. The SMILES string of the molecule is COC(=O)[C@H]1C[NH+](CC(=O)Nc2cccnc2Cl)CCS1. The van der Waals surface area contributed by atoms with Crippen LogP contribution in [0.25, 0.3) is 0 Å². The second kappa shape index (κ2) is 7.63. The number of esters is 1. The van der Waals surface area contributed by atoms with Crippen LogP contribution in [0.2, 0.25) is 5.15 Å². The van der Waals surface area contributed by atoms with Gasteiger partial charge in [-0.1, -0.05) is 11.6 Å². The van der Waals surface area contributed by atoms with Crippen molar-refractivity contribution < 1.29 is 19.2 Å². The normalized spacial score (nSPS) is 21.6. The molecule has 0 bridgehead atoms. The summed E-state index contributed by atoms with van der Waals surface area (Å²) < 4.78 is 4.76. The van der Waals surface area contributed by atoms with Crippen LogP contribution in [0.5, 0.6) is 0 Å². The van der Waals surface area contributed by atoms with Crippen LogP contribution < -0.4 is 10.2 Å². The molecular weight excluding hydrogens is 314 g/mol. The van der Waals surface area contributed by atoms with Gasteiger partial charge < -0.3 is 15.0 Å². The van der Waals surface area contributed by atoms with Gasteiger partial charge >= 0.3 is 5.97 Å². The number of methoxy groups -OCH3 is 1. The van der Waals surface area contributed by atoms with E-state index in [-0.39, 0.29) is 22.3 Å². The number of aromatic nitrogens is 1. The average molecular weight is 331 g/mol. The Morgan fingerprint density at radius 2 is 2.43 bits per heavy atom. The van der Waals surface area contributed by atoms with Crippen molar-refractivity contribution in [2.75, 3.05) is 37.8 Å². The minimum atomic E-state index is -0.229. The number of anilines is 1. The molecule has 0 aliphatic carbocycles. The molecule has 6 nitrogen and oxygen atoms in total. The van der Waals surface area contributed by atoms with Gasteiger partial charge in [-0.25, -0.2) is 4.98 Å². The number of pyridine rings is 1. The maximum absolute atomic E-state index is 12.0. The molecule has 0 spiro atoms. The van der Waals surface area contributed by atoms with Crippen molar-refractivity contribution in [3.63, 3.8) is 0 Å². The van der Waals surface area contributed by atoms with E-state index in [1.807, 2.05) is 0 Å². The van der Waals surface area contributed by atoms with Gasteiger partial charge in [0.05, 0.1) is 19.3 Å². The number of carbonyl (C=O) groups excluding carboxylic acids is 2. The number of quaternary nitrogens is 1. The van der Waals surface area contributed by atoms with Crippen molar-refractivity contribution >= 4 is 40.9 Å². The number of ether oxygens (including phenoxy) is 1. The van der Waals surface area contributed by atoms with Crippen LogP contribution >= 0.6 is 23.4 Å². The predicted molar refractivity (Wildman–Crippen MR) is 81.7 cm³/mol. The fourth-order valence-corrected chi connectivity index (χ4v) is 3.56. The number of amides is 1. The minimum Gasteiger partial charge on any atom is -0.468 e. The Hall–Kier alpha value is -1.31. The Morgan fingerprint density at radius 1 is 1.62 bits per heavy atom. The summed E-state index contributed by atoms with van der Waals surface area (Å²) in [6.07, 6.45) is 1.56. The Morgan fingerprint density at radius 3 is 3.14 bits per heavy atom. The van der Waals surface area contributed by atoms with E-state index in [4.69, 9.17) is 16.3 Å². The van der Waals surface area contributed by atoms with E-state index in [9.17, 15) is 9.59 Å². The highest BCUT2D eigenvalue weighted by molar-refractivity contribution is 8.00. The average Bonchev–Trinajstić information content (AvgIpc) is 2.49. The van der Waals surface area contributed by atoms with Crippen molar-refractivity contribution in [3.8, 4) is 0 Å². The van der Waals surface area contributed by atoms with Crippen molar-refractivity contribution in [3.05, 3.63) is 23.5 Å². The van der Waals surface area contributed by atoms with Crippen LogP contribution in [0.4, 0.5) is 5.69 Å². The standard InChI is InChI=1S/C13H16ClN3O3S/c1-20-13(19)10-7-17(5-6-21-10)8-11(18)16-9-3-2-4-15-12(9)14/h2-4,10H,5-8H2,1H3,(H,16,18)/p+1/t10-/m1/s1. The lowest BCUT2D eigenvalue weighted by atomic mass is 10.3. The van der Waals surface area contributed by atoms with E-state index in [0.29, 0.717) is 18.8 Å². The van der Waals surface area contributed by atoms with Gasteiger partial charge in [-0.15, -0.1) is 11.8 Å². The van der Waals surface area contributed by atoms with Crippen molar-refractivity contribution in [2.24, 2.45) is 0 Å². The van der Waals surface area contributed by atoms with Gasteiger partial charge in [-0.05, 0) is 12.1 Å². The van der Waals surface area contributed by atoms with Gasteiger partial charge in [0, 0.05) is 11.9 Å². The van der Waals surface area contributed by atoms with E-state index < -0.39 is 0 Å². The third kappa shape index (κ3) is 4.59. The monoisotopic (exact) mass is 330 g/mol. The zero-order chi connectivity index (χ0) is 15.2. The third-order valence-corrected chi connectivity index (χ3v) is 4.66. The molecule has 2 N–H and O–H groups in total. The molecule has 1 aromatic heterocycles. The number of carbonyl (C=O) groups is 2. The maximum Gasteiger partial charge on any atom is 0.324 e. The second-order valence-electron chi connectivity index (χ2n) is 4.65. The van der Waals surface area contributed by atoms with Gasteiger partial charge in [0.1, 0.15) is 6.54 Å². The number of halogens is 1. The zero-order valence-corrected chi connectivity index (χ0v) is 13.2. The molecule has 1 aromatic rings. The summed E-state index contributed by atoms with van der Waals surface area (Å²) in [5.41, 5.74) is 0.500. The summed E-state index contributed by atoms with van der Waals surface area (Å²) in [6.45, 7) is 1.72. The largest absolute Gasteiger partial charge is 0.468 e. The van der Waals surface area contributed by atoms with Gasteiger partial charge in [-0.3, -0.25) is 9.59 Å². The molecular formula is C13H17ClN3O3S+. The Bertz CT molecular complexity index is 529. The first kappa shape index (κ1) is 16.1. The van der Waals surface area contributed by atoms with Crippen LogP contribution in [0.3, 0.4) is 0 Å².